The van der Waals surface area contributed by atoms with E-state index in [0.717, 1.165) is 160 Å². The highest BCUT2D eigenvalue weighted by Crippen LogP contribution is 2.41. The van der Waals surface area contributed by atoms with Gasteiger partial charge in [-0.25, -0.2) is 19.2 Å². The molecule has 40 heteroatoms. The van der Waals surface area contributed by atoms with Gasteiger partial charge in [-0.3, -0.25) is 57.5 Å². The SMILES string of the molecule is CCCCCCCCCCCCCCCC(=O)N[C@@H](CO[C@@H]1O[C@H](COC(C)=O)[C@@H](O[C@@H]2O[C@H](COC(C)=O)[C@H](OC(C)=O)[C@H](O[C@@H]3O[C@H](COC(C)=O)[C@@H](O[C@@H]4O[C@H](COC(C)=O)[C@H](OC(C)=O)[C@H](OC(C)=O)[C@H]4OC(C)=O)[C@H](OC(C)=O)[C@H]3NC(C)=O)[C@H]2NC(C)=O)[C@H](OC(=O)c2ccccc2)[C@H]1OC(=O)c1ccccc1)[C@H](OC(=O)c1ccccc1)[C@@H](CCCCCCCCCCCCCC)OC(=O)c1ccccc1. The van der Waals surface area contributed by atoms with Crippen LogP contribution in [0, 0.1) is 0 Å². The van der Waals surface area contributed by atoms with E-state index in [1.807, 2.05) is 0 Å². The second-order valence-corrected chi connectivity index (χ2v) is 37.2. The standard InChI is InChI=1S/C108H149N3O37/c1-14-16-18-20-22-24-26-28-30-32-34-36-50-60-87(123)111-81(90(143-102(125)78-53-43-38-44-54-78)82(138-101(124)77-51-41-37-42-52-77)59-49-35-33-31-29-27-25-23-21-19-17-15-2)61-132-107-99(145-104(127)80-57-47-40-48-58-80)98(144-103(126)79-55-45-39-46-56-79)94(86(141-107)65-131-71(8)117)146-105-89(110-67(4)113)96(91(133-72(9)118)83(139-105)62-128-68(5)114)148-106-88(109-66(3)112)95(135-74(11)120)92(84(140-106)63-129-69(6)115)147-108-100(137-76(13)122)97(136-75(12)121)93(134-73(10)119)85(142-108)64-130-70(7)116/h37-48,51-58,81-86,88-100,105-108H,14-36,49-50,59-65H2,1-13H3,(H,109,112)(H,110,113)(H,111,123)/t81-,82+,83+,84+,85+,86+,88+,89+,90-,91-,92+,93-,94+,95+,96+,97-,98-,99+,100+,105-,106-,107+,108-/m0/s1. The topological polar surface area (TPSA) is 503 Å². The van der Waals surface area contributed by atoms with Gasteiger partial charge in [0.25, 0.3) is 0 Å². The maximum atomic E-state index is 15.5. The van der Waals surface area contributed by atoms with Gasteiger partial charge < -0.3 is 115 Å². The highest BCUT2D eigenvalue weighted by Gasteiger charge is 2.62. The minimum Gasteiger partial charge on any atom is -0.463 e. The Balaban J connectivity index is 1.31. The van der Waals surface area contributed by atoms with Crippen molar-refractivity contribution in [2.24, 2.45) is 0 Å². The molecule has 4 saturated heterocycles. The molecule has 4 fully saturated rings. The predicted molar refractivity (Wildman–Crippen MR) is 525 cm³/mol. The molecule has 3 N–H and O–H groups in total. The number of ether oxygens (including phenoxy) is 21. The first-order valence-electron chi connectivity index (χ1n) is 51.5. The average Bonchev–Trinajstić information content (AvgIpc) is 0.748. The van der Waals surface area contributed by atoms with E-state index in [9.17, 15) is 57.5 Å². The first kappa shape index (κ1) is 121. The van der Waals surface area contributed by atoms with E-state index < -0.39 is 269 Å². The van der Waals surface area contributed by atoms with Crippen LogP contribution in [0.25, 0.3) is 0 Å². The Morgan fingerprint density at radius 2 is 0.574 bits per heavy atom. The zero-order valence-corrected chi connectivity index (χ0v) is 87.1. The minimum absolute atomic E-state index is 0.0397. The van der Waals surface area contributed by atoms with Gasteiger partial charge >= 0.3 is 77.6 Å². The molecule has 8 rings (SSSR count). The van der Waals surface area contributed by atoms with E-state index in [4.69, 9.17) is 99.5 Å². The van der Waals surface area contributed by atoms with Crippen LogP contribution in [0.5, 0.6) is 0 Å². The van der Waals surface area contributed by atoms with Crippen LogP contribution in [0.15, 0.2) is 121 Å². The third kappa shape index (κ3) is 41.9. The van der Waals surface area contributed by atoms with Gasteiger partial charge in [0.1, 0.15) is 87.3 Å². The van der Waals surface area contributed by atoms with Crippen LogP contribution in [-0.2, 0) is 157 Å². The van der Waals surface area contributed by atoms with Crippen molar-refractivity contribution in [3.8, 4) is 0 Å². The number of benzene rings is 4. The van der Waals surface area contributed by atoms with E-state index in [-0.39, 0.29) is 35.1 Å². The second-order valence-electron chi connectivity index (χ2n) is 37.2. The molecule has 4 aliphatic rings. The molecule has 4 heterocycles. The fourth-order valence-electron chi connectivity index (χ4n) is 18.0. The lowest BCUT2D eigenvalue weighted by Gasteiger charge is -2.52. The molecule has 148 heavy (non-hydrogen) atoms. The summed E-state index contributed by atoms with van der Waals surface area (Å²) >= 11 is 0. The molecule has 3 amide bonds. The Bertz CT molecular complexity index is 4820. The number of hydrogen-bond acceptors (Lipinski definition) is 37. The van der Waals surface area contributed by atoms with Crippen molar-refractivity contribution in [1.82, 2.24) is 16.0 Å². The van der Waals surface area contributed by atoms with Gasteiger partial charge in [0.15, 0.2) is 74.0 Å². The summed E-state index contributed by atoms with van der Waals surface area (Å²) in [6.07, 6.45) is -15.1. The molecule has 0 aliphatic carbocycles. The number of carbonyl (C=O) groups is 16. The normalized spacial score (nSPS) is 24.1. The summed E-state index contributed by atoms with van der Waals surface area (Å²) < 4.78 is 133. The molecule has 0 unspecified atom stereocenters. The molecule has 0 radical (unpaired) electrons. The van der Waals surface area contributed by atoms with Crippen LogP contribution < -0.4 is 16.0 Å². The number of nitrogens with one attached hydrogen (secondary N) is 3. The molecule has 4 aliphatic heterocycles. The third-order valence-electron chi connectivity index (χ3n) is 24.8. The van der Waals surface area contributed by atoms with Crippen molar-refractivity contribution in [3.63, 3.8) is 0 Å². The maximum absolute atomic E-state index is 15.5. The first-order chi connectivity index (χ1) is 71.0. The van der Waals surface area contributed by atoms with Crippen LogP contribution in [0.3, 0.4) is 0 Å². The Hall–Kier alpha value is -11.9. The number of rotatable bonds is 62. The van der Waals surface area contributed by atoms with Gasteiger partial charge in [0.2, 0.25) is 17.7 Å². The lowest BCUT2D eigenvalue weighted by Crippen LogP contribution is -2.72. The maximum Gasteiger partial charge on any atom is 0.338 e. The zero-order chi connectivity index (χ0) is 108. The smallest absolute Gasteiger partial charge is 0.338 e. The monoisotopic (exact) mass is 2080 g/mol. The fourth-order valence-corrected chi connectivity index (χ4v) is 18.0. The minimum atomic E-state index is -2.28. The lowest BCUT2D eigenvalue weighted by atomic mass is 9.93. The van der Waals surface area contributed by atoms with E-state index in [0.29, 0.717) is 25.7 Å². The third-order valence-corrected chi connectivity index (χ3v) is 24.8. The Morgan fingerprint density at radius 3 is 0.966 bits per heavy atom. The Morgan fingerprint density at radius 1 is 0.284 bits per heavy atom. The van der Waals surface area contributed by atoms with Crippen molar-refractivity contribution in [2.75, 3.05) is 33.0 Å². The number of carbonyl (C=O) groups excluding carboxylic acids is 16. The van der Waals surface area contributed by atoms with Crippen LogP contribution in [0.2, 0.25) is 0 Å². The summed E-state index contributed by atoms with van der Waals surface area (Å²) in [5.74, 6) is -15.8. The molecule has 0 bridgehead atoms. The second kappa shape index (κ2) is 65.1. The predicted octanol–water partition coefficient (Wildman–Crippen LogP) is 12.9. The molecule has 818 valence electrons. The van der Waals surface area contributed by atoms with E-state index in [1.54, 1.807) is 60.7 Å². The Kier molecular flexibility index (Phi) is 53.4. The molecular formula is C108H149N3O37. The number of esters is 13. The Labute approximate surface area is 864 Å². The summed E-state index contributed by atoms with van der Waals surface area (Å²) in [4.78, 5) is 225. The van der Waals surface area contributed by atoms with Crippen LogP contribution >= 0.6 is 0 Å². The zero-order valence-electron chi connectivity index (χ0n) is 87.1. The van der Waals surface area contributed by atoms with E-state index in [2.05, 4.69) is 29.8 Å². The van der Waals surface area contributed by atoms with Gasteiger partial charge in [0, 0.05) is 82.6 Å². The van der Waals surface area contributed by atoms with Crippen LogP contribution in [0.1, 0.15) is 305 Å². The first-order valence-corrected chi connectivity index (χ1v) is 51.5. The lowest BCUT2D eigenvalue weighted by molar-refractivity contribution is -0.370. The van der Waals surface area contributed by atoms with Gasteiger partial charge in [0.05, 0.1) is 34.9 Å². The highest BCUT2D eigenvalue weighted by atomic mass is 16.8. The highest BCUT2D eigenvalue weighted by molar-refractivity contribution is 5.92. The molecule has 0 saturated carbocycles. The van der Waals surface area contributed by atoms with E-state index in [1.165, 1.54) is 112 Å². The average molecular weight is 2080 g/mol. The number of hydrogen-bond donors (Lipinski definition) is 3. The van der Waals surface area contributed by atoms with Crippen LogP contribution in [-0.4, -0.2) is 269 Å². The van der Waals surface area contributed by atoms with Gasteiger partial charge in [-0.2, -0.15) is 0 Å². The van der Waals surface area contributed by atoms with Gasteiger partial charge in [-0.1, -0.05) is 234 Å². The quantitative estimate of drug-likeness (QED) is 0.0210. The fraction of sp³-hybridized carbons (Fsp3) is 0.630. The molecule has 23 atom stereocenters. The molecule has 40 nitrogen and oxygen atoms in total. The van der Waals surface area contributed by atoms with E-state index >= 15 is 19.2 Å². The largest absolute Gasteiger partial charge is 0.463 e. The molecule has 4 aromatic rings. The van der Waals surface area contributed by atoms with Crippen molar-refractivity contribution >= 4 is 95.3 Å². The summed E-state index contributed by atoms with van der Waals surface area (Å²) in [6, 6.07) is 25.1. The number of amides is 3. The number of unbranched alkanes of at least 4 members (excludes halogenated alkanes) is 23. The molecular weight excluding hydrogens is 1930 g/mol. The van der Waals surface area contributed by atoms with Crippen LogP contribution in [0.4, 0.5) is 0 Å². The van der Waals surface area contributed by atoms with Crippen molar-refractivity contribution in [3.05, 3.63) is 144 Å². The molecule has 0 spiro atoms. The summed E-state index contributed by atoms with van der Waals surface area (Å²) in [7, 11) is 0. The van der Waals surface area contributed by atoms with Gasteiger partial charge in [-0.05, 0) is 67.8 Å². The van der Waals surface area contributed by atoms with Crippen molar-refractivity contribution in [2.45, 2.75) is 404 Å². The molecule has 0 aromatic heterocycles. The molecule has 4 aromatic carbocycles. The van der Waals surface area contributed by atoms with Crippen molar-refractivity contribution < 1.29 is 176 Å². The summed E-state index contributed by atoms with van der Waals surface area (Å²) in [6.45, 7) is 10.7. The van der Waals surface area contributed by atoms with Crippen molar-refractivity contribution in [1.29, 1.82) is 0 Å². The van der Waals surface area contributed by atoms with Gasteiger partial charge in [-0.15, -0.1) is 0 Å². The summed E-state index contributed by atoms with van der Waals surface area (Å²) in [5, 5.41) is 8.42. The summed E-state index contributed by atoms with van der Waals surface area (Å²) in [5.41, 5.74) is -0.0928.